The monoisotopic (exact) mass is 394 g/mol. The first kappa shape index (κ1) is 17.7. The topological polar surface area (TPSA) is 116 Å². The Balaban J connectivity index is 1.39. The summed E-state index contributed by atoms with van der Waals surface area (Å²) < 4.78 is 6.57. The molecule has 9 nitrogen and oxygen atoms in total. The van der Waals surface area contributed by atoms with Crippen LogP contribution in [0.5, 0.6) is 0 Å². The predicted molar refractivity (Wildman–Crippen MR) is 102 cm³/mol. The zero-order chi connectivity index (χ0) is 19.3. The number of carbonyl (C=O) groups is 1. The Bertz CT molecular complexity index is 1140. The molecule has 0 fully saturated rings. The van der Waals surface area contributed by atoms with Gasteiger partial charge in [0.1, 0.15) is 22.1 Å². The highest BCUT2D eigenvalue weighted by atomic mass is 32.1. The zero-order valence-electron chi connectivity index (χ0n) is 14.5. The molecule has 4 heterocycles. The maximum absolute atomic E-state index is 12.3. The van der Waals surface area contributed by atoms with Crippen LogP contribution < -0.4 is 10.9 Å². The van der Waals surface area contributed by atoms with Crippen molar-refractivity contribution in [2.75, 3.05) is 6.54 Å². The van der Waals surface area contributed by atoms with E-state index in [-0.39, 0.29) is 30.2 Å². The minimum absolute atomic E-state index is 0.222. The summed E-state index contributed by atoms with van der Waals surface area (Å²) in [5.74, 6) is 0.235. The summed E-state index contributed by atoms with van der Waals surface area (Å²) in [5, 5.41) is 9.27. The average molecular weight is 394 g/mol. The summed E-state index contributed by atoms with van der Waals surface area (Å²) in [6, 6.07) is 6.52. The Labute approximate surface area is 162 Å². The fraction of sp³-hybridized carbons (Fsp3) is 0.111. The van der Waals surface area contributed by atoms with E-state index in [4.69, 9.17) is 4.42 Å². The molecule has 0 aromatic carbocycles. The lowest BCUT2D eigenvalue weighted by molar-refractivity contribution is 0.0947. The van der Waals surface area contributed by atoms with Crippen LogP contribution in [-0.4, -0.2) is 37.2 Å². The molecule has 1 amide bonds. The molecule has 0 aliphatic rings. The van der Waals surface area contributed by atoms with E-state index in [1.807, 2.05) is 0 Å². The third kappa shape index (κ3) is 3.86. The Hall–Kier alpha value is -3.66. The normalized spacial score (nSPS) is 10.7. The second-order valence-corrected chi connectivity index (χ2v) is 6.50. The molecular formula is C18H14N6O3S. The van der Waals surface area contributed by atoms with Crippen LogP contribution in [0, 0.1) is 0 Å². The largest absolute Gasteiger partial charge is 0.463 e. The van der Waals surface area contributed by atoms with Gasteiger partial charge in [0.05, 0.1) is 19.0 Å². The molecule has 140 valence electrons. The molecule has 0 aliphatic heterocycles. The van der Waals surface area contributed by atoms with Crippen molar-refractivity contribution in [1.82, 2.24) is 30.0 Å². The molecule has 0 spiro atoms. The first-order valence-corrected chi connectivity index (χ1v) is 9.21. The lowest BCUT2D eigenvalue weighted by Crippen LogP contribution is -2.32. The number of thiazole rings is 1. The van der Waals surface area contributed by atoms with Crippen LogP contribution in [0.2, 0.25) is 0 Å². The number of carbonyl (C=O) groups excluding carboxylic acids is 1. The maximum atomic E-state index is 12.3. The van der Waals surface area contributed by atoms with Crippen molar-refractivity contribution in [3.05, 3.63) is 70.5 Å². The molecule has 4 aromatic rings. The molecule has 0 unspecified atom stereocenters. The number of nitrogens with zero attached hydrogens (tertiary/aromatic N) is 5. The van der Waals surface area contributed by atoms with Gasteiger partial charge in [-0.1, -0.05) is 0 Å². The molecule has 0 atom stereocenters. The number of rotatable bonds is 6. The highest BCUT2D eigenvalue weighted by Crippen LogP contribution is 2.20. The van der Waals surface area contributed by atoms with Gasteiger partial charge >= 0.3 is 0 Å². The molecule has 10 heteroatoms. The highest BCUT2D eigenvalue weighted by Gasteiger charge is 2.13. The summed E-state index contributed by atoms with van der Waals surface area (Å²) in [6.07, 6.45) is 6.26. The molecule has 0 saturated carbocycles. The smallest absolute Gasteiger partial charge is 0.270 e. The van der Waals surface area contributed by atoms with Gasteiger partial charge in [0, 0.05) is 30.4 Å². The Kier molecular flexibility index (Phi) is 5.02. The molecule has 1 N–H and O–H groups in total. The fourth-order valence-corrected chi connectivity index (χ4v) is 3.20. The summed E-state index contributed by atoms with van der Waals surface area (Å²) in [7, 11) is 0. The van der Waals surface area contributed by atoms with Gasteiger partial charge in [-0.05, 0) is 18.2 Å². The van der Waals surface area contributed by atoms with E-state index >= 15 is 0 Å². The Morgan fingerprint density at radius 2 is 2.14 bits per heavy atom. The molecule has 0 bridgehead atoms. The highest BCUT2D eigenvalue weighted by molar-refractivity contribution is 7.13. The van der Waals surface area contributed by atoms with Crippen LogP contribution in [0.4, 0.5) is 0 Å². The van der Waals surface area contributed by atoms with Crippen molar-refractivity contribution in [3.8, 4) is 22.2 Å². The Morgan fingerprint density at radius 3 is 2.93 bits per heavy atom. The molecule has 0 saturated heterocycles. The van der Waals surface area contributed by atoms with Gasteiger partial charge in [0.2, 0.25) is 0 Å². The van der Waals surface area contributed by atoms with Gasteiger partial charge < -0.3 is 9.73 Å². The number of nitrogens with one attached hydrogen (secondary N) is 1. The van der Waals surface area contributed by atoms with E-state index in [0.717, 1.165) is 0 Å². The summed E-state index contributed by atoms with van der Waals surface area (Å²) in [4.78, 5) is 36.7. The maximum Gasteiger partial charge on any atom is 0.270 e. The van der Waals surface area contributed by atoms with Gasteiger partial charge in [-0.25, -0.2) is 9.67 Å². The van der Waals surface area contributed by atoms with Crippen LogP contribution in [0.15, 0.2) is 63.7 Å². The van der Waals surface area contributed by atoms with Crippen molar-refractivity contribution in [2.24, 2.45) is 0 Å². The number of amides is 1. The van der Waals surface area contributed by atoms with E-state index < -0.39 is 0 Å². The van der Waals surface area contributed by atoms with Crippen molar-refractivity contribution in [3.63, 3.8) is 0 Å². The molecule has 4 rings (SSSR count). The average Bonchev–Trinajstić information content (AvgIpc) is 3.42. The fourth-order valence-electron chi connectivity index (χ4n) is 2.44. The van der Waals surface area contributed by atoms with Crippen LogP contribution >= 0.6 is 11.3 Å². The molecular weight excluding hydrogens is 380 g/mol. The predicted octanol–water partition coefficient (Wildman–Crippen LogP) is 1.85. The lowest BCUT2D eigenvalue weighted by Gasteiger charge is -2.06. The van der Waals surface area contributed by atoms with Gasteiger partial charge in [-0.3, -0.25) is 19.6 Å². The summed E-state index contributed by atoms with van der Waals surface area (Å²) in [6.45, 7) is 0.450. The Morgan fingerprint density at radius 1 is 1.21 bits per heavy atom. The summed E-state index contributed by atoms with van der Waals surface area (Å²) in [5.41, 5.74) is 1.18. The first-order valence-electron chi connectivity index (χ1n) is 8.33. The number of hydrogen-bond acceptors (Lipinski definition) is 8. The quantitative estimate of drug-likeness (QED) is 0.530. The van der Waals surface area contributed by atoms with Crippen LogP contribution in [0.1, 0.15) is 10.5 Å². The van der Waals surface area contributed by atoms with E-state index in [0.29, 0.717) is 22.2 Å². The second kappa shape index (κ2) is 7.92. The van der Waals surface area contributed by atoms with Crippen LogP contribution in [-0.2, 0) is 6.54 Å². The standard InChI is InChI=1S/C18H14N6O3S/c25-16-4-3-12(15-2-1-9-27-15)23-24(16)8-7-21-17(26)14-11-28-18(22-14)13-10-19-5-6-20-13/h1-6,9-11H,7-8H2,(H,21,26). The minimum atomic E-state index is -0.332. The van der Waals surface area contributed by atoms with Crippen LogP contribution in [0.3, 0.4) is 0 Å². The molecule has 4 aromatic heterocycles. The first-order chi connectivity index (χ1) is 13.7. The van der Waals surface area contributed by atoms with Gasteiger partial charge in [-0.2, -0.15) is 5.10 Å². The van der Waals surface area contributed by atoms with E-state index in [9.17, 15) is 9.59 Å². The third-order valence-corrected chi connectivity index (χ3v) is 4.63. The minimum Gasteiger partial charge on any atom is -0.463 e. The zero-order valence-corrected chi connectivity index (χ0v) is 15.3. The number of furan rings is 1. The van der Waals surface area contributed by atoms with E-state index in [1.165, 1.54) is 28.3 Å². The van der Waals surface area contributed by atoms with E-state index in [2.05, 4.69) is 25.4 Å². The van der Waals surface area contributed by atoms with Crippen molar-refractivity contribution < 1.29 is 9.21 Å². The second-order valence-electron chi connectivity index (χ2n) is 5.64. The molecule has 0 aliphatic carbocycles. The lowest BCUT2D eigenvalue weighted by atomic mass is 10.3. The third-order valence-electron chi connectivity index (χ3n) is 3.77. The van der Waals surface area contributed by atoms with Gasteiger partial charge in [0.25, 0.3) is 11.5 Å². The van der Waals surface area contributed by atoms with Crippen molar-refractivity contribution in [2.45, 2.75) is 6.54 Å². The van der Waals surface area contributed by atoms with Gasteiger partial charge in [0.15, 0.2) is 5.76 Å². The van der Waals surface area contributed by atoms with E-state index in [1.54, 1.807) is 42.2 Å². The molecule has 0 radical (unpaired) electrons. The van der Waals surface area contributed by atoms with Gasteiger partial charge in [-0.15, -0.1) is 11.3 Å². The number of aromatic nitrogens is 5. The number of hydrogen-bond donors (Lipinski definition) is 1. The SMILES string of the molecule is O=C(NCCn1nc(-c2ccco2)ccc1=O)c1csc(-c2cnccn2)n1. The summed E-state index contributed by atoms with van der Waals surface area (Å²) >= 11 is 1.31. The molecule has 28 heavy (non-hydrogen) atoms. The van der Waals surface area contributed by atoms with Crippen LogP contribution in [0.25, 0.3) is 22.2 Å². The van der Waals surface area contributed by atoms with Crippen molar-refractivity contribution in [1.29, 1.82) is 0 Å². The van der Waals surface area contributed by atoms with Crippen molar-refractivity contribution >= 4 is 17.2 Å².